The van der Waals surface area contributed by atoms with E-state index in [2.05, 4.69) is 9.97 Å². The summed E-state index contributed by atoms with van der Waals surface area (Å²) in [4.78, 5) is 17.7. The van der Waals surface area contributed by atoms with E-state index in [1.807, 2.05) is 35.7 Å². The molecule has 2 aromatic heterocycles. The molecule has 0 bridgehead atoms. The normalized spacial score (nSPS) is 13.0. The molecule has 0 aliphatic carbocycles. The molecule has 0 radical (unpaired) electrons. The number of thiophene rings is 1. The number of halogens is 1. The van der Waals surface area contributed by atoms with Crippen molar-refractivity contribution in [3.63, 3.8) is 0 Å². The van der Waals surface area contributed by atoms with Crippen LogP contribution in [0.5, 0.6) is 0 Å². The van der Waals surface area contributed by atoms with Gasteiger partial charge in [0.15, 0.2) is 0 Å². The average molecular weight is 265 g/mol. The highest BCUT2D eigenvalue weighted by Crippen LogP contribution is 2.32. The van der Waals surface area contributed by atoms with Gasteiger partial charge < -0.3 is 9.97 Å². The van der Waals surface area contributed by atoms with Crippen LogP contribution in [0, 0.1) is 0 Å². The van der Waals surface area contributed by atoms with Gasteiger partial charge in [-0.2, -0.15) is 0 Å². The maximum atomic E-state index is 11.2. The molecule has 2 heterocycles. The van der Waals surface area contributed by atoms with Gasteiger partial charge in [-0.25, -0.2) is 4.79 Å². The highest BCUT2D eigenvalue weighted by molar-refractivity contribution is 7.10. The molecule has 1 atom stereocenters. The highest BCUT2D eigenvalue weighted by Gasteiger charge is 2.12. The SMILES string of the molecule is O=c1[nH]c2ccc(C(Cl)c3cccs3)cc2[nH]1. The van der Waals surface area contributed by atoms with Crippen LogP contribution in [-0.4, -0.2) is 9.97 Å². The molecule has 0 spiro atoms. The van der Waals surface area contributed by atoms with E-state index in [9.17, 15) is 4.79 Å². The molecule has 0 saturated carbocycles. The summed E-state index contributed by atoms with van der Waals surface area (Å²) in [5, 5.41) is 1.83. The predicted octanol–water partition coefficient (Wildman–Crippen LogP) is 3.25. The fraction of sp³-hybridized carbons (Fsp3) is 0.0833. The number of aromatic amines is 2. The molecule has 0 aliphatic rings. The summed E-state index contributed by atoms with van der Waals surface area (Å²) in [6.45, 7) is 0. The zero-order chi connectivity index (χ0) is 11.8. The Kier molecular flexibility index (Phi) is 2.53. The number of rotatable bonds is 2. The van der Waals surface area contributed by atoms with Crippen molar-refractivity contribution in [1.82, 2.24) is 9.97 Å². The summed E-state index contributed by atoms with van der Waals surface area (Å²) in [7, 11) is 0. The first-order valence-corrected chi connectivity index (χ1v) is 6.45. The van der Waals surface area contributed by atoms with Crippen LogP contribution in [0.1, 0.15) is 15.8 Å². The summed E-state index contributed by atoms with van der Waals surface area (Å²) in [6.07, 6.45) is 0. The zero-order valence-electron chi connectivity index (χ0n) is 8.74. The van der Waals surface area contributed by atoms with Crippen molar-refractivity contribution in [3.8, 4) is 0 Å². The second kappa shape index (κ2) is 4.05. The molecule has 17 heavy (non-hydrogen) atoms. The van der Waals surface area contributed by atoms with E-state index in [0.717, 1.165) is 21.5 Å². The molecule has 1 unspecified atom stereocenters. The molecular formula is C12H9ClN2OS. The number of H-pyrrole nitrogens is 2. The van der Waals surface area contributed by atoms with Crippen molar-refractivity contribution in [2.45, 2.75) is 5.38 Å². The van der Waals surface area contributed by atoms with Gasteiger partial charge >= 0.3 is 5.69 Å². The van der Waals surface area contributed by atoms with E-state index in [1.54, 1.807) is 11.3 Å². The second-order valence-electron chi connectivity index (χ2n) is 3.76. The summed E-state index contributed by atoms with van der Waals surface area (Å²) in [5.41, 5.74) is 2.37. The van der Waals surface area contributed by atoms with Crippen LogP contribution in [0.2, 0.25) is 0 Å². The van der Waals surface area contributed by atoms with E-state index in [-0.39, 0.29) is 11.1 Å². The average Bonchev–Trinajstić information content (AvgIpc) is 2.94. The van der Waals surface area contributed by atoms with Gasteiger partial charge in [0, 0.05) is 4.88 Å². The van der Waals surface area contributed by atoms with Crippen LogP contribution >= 0.6 is 22.9 Å². The molecule has 3 nitrogen and oxygen atoms in total. The summed E-state index contributed by atoms with van der Waals surface area (Å²) >= 11 is 8.01. The minimum absolute atomic E-state index is 0.169. The first-order chi connectivity index (χ1) is 8.24. The summed E-state index contributed by atoms with van der Waals surface area (Å²) in [5.74, 6) is 0. The van der Waals surface area contributed by atoms with Gasteiger partial charge in [-0.3, -0.25) is 0 Å². The van der Waals surface area contributed by atoms with Crippen molar-refractivity contribution in [2.24, 2.45) is 0 Å². The van der Waals surface area contributed by atoms with Gasteiger partial charge in [0.05, 0.1) is 16.4 Å². The van der Waals surface area contributed by atoms with Gasteiger partial charge in [0.2, 0.25) is 0 Å². The summed E-state index contributed by atoms with van der Waals surface area (Å²) in [6, 6.07) is 9.69. The van der Waals surface area contributed by atoms with E-state index in [1.165, 1.54) is 0 Å². The third-order valence-corrected chi connectivity index (χ3v) is 4.18. The second-order valence-corrected chi connectivity index (χ2v) is 5.18. The number of aromatic nitrogens is 2. The number of hydrogen-bond acceptors (Lipinski definition) is 2. The molecule has 5 heteroatoms. The predicted molar refractivity (Wildman–Crippen MR) is 70.9 cm³/mol. The van der Waals surface area contributed by atoms with Crippen molar-refractivity contribution >= 4 is 34.0 Å². The van der Waals surface area contributed by atoms with Gasteiger partial charge in [-0.05, 0) is 29.1 Å². The lowest BCUT2D eigenvalue weighted by atomic mass is 10.1. The number of alkyl halides is 1. The van der Waals surface area contributed by atoms with E-state index < -0.39 is 0 Å². The van der Waals surface area contributed by atoms with Crippen molar-refractivity contribution < 1.29 is 0 Å². The number of nitrogens with one attached hydrogen (secondary N) is 2. The largest absolute Gasteiger partial charge is 0.323 e. The van der Waals surface area contributed by atoms with Crippen molar-refractivity contribution in [3.05, 3.63) is 56.6 Å². The molecule has 3 aromatic rings. The van der Waals surface area contributed by atoms with E-state index in [4.69, 9.17) is 11.6 Å². The smallest absolute Gasteiger partial charge is 0.306 e. The number of hydrogen-bond donors (Lipinski definition) is 2. The van der Waals surface area contributed by atoms with Crippen LogP contribution < -0.4 is 5.69 Å². The third-order valence-electron chi connectivity index (χ3n) is 2.63. The van der Waals surface area contributed by atoms with Crippen molar-refractivity contribution in [2.75, 3.05) is 0 Å². The van der Waals surface area contributed by atoms with Gasteiger partial charge in [0.1, 0.15) is 0 Å². The van der Waals surface area contributed by atoms with Gasteiger partial charge in [-0.15, -0.1) is 22.9 Å². The Balaban J connectivity index is 2.08. The minimum atomic E-state index is -0.195. The molecule has 2 N–H and O–H groups in total. The number of imidazole rings is 1. The lowest BCUT2D eigenvalue weighted by Crippen LogP contribution is -1.99. The van der Waals surface area contributed by atoms with Gasteiger partial charge in [-0.1, -0.05) is 12.1 Å². The molecule has 1 aromatic carbocycles. The topological polar surface area (TPSA) is 48.6 Å². The lowest BCUT2D eigenvalue weighted by Gasteiger charge is -2.07. The Labute approximate surface area is 106 Å². The number of benzene rings is 1. The monoisotopic (exact) mass is 264 g/mol. The molecule has 0 fully saturated rings. The quantitative estimate of drug-likeness (QED) is 0.686. The number of fused-ring (bicyclic) bond motifs is 1. The Morgan fingerprint density at radius 1 is 1.18 bits per heavy atom. The zero-order valence-corrected chi connectivity index (χ0v) is 10.3. The Hall–Kier alpha value is -1.52. The molecule has 0 aliphatic heterocycles. The Morgan fingerprint density at radius 2 is 2.00 bits per heavy atom. The molecular weight excluding hydrogens is 256 g/mol. The van der Waals surface area contributed by atoms with Crippen molar-refractivity contribution in [1.29, 1.82) is 0 Å². The van der Waals surface area contributed by atoms with E-state index in [0.29, 0.717) is 0 Å². The molecule has 3 rings (SSSR count). The molecule has 86 valence electrons. The molecule has 0 saturated heterocycles. The molecule has 0 amide bonds. The maximum Gasteiger partial charge on any atom is 0.323 e. The third kappa shape index (κ3) is 1.90. The fourth-order valence-corrected chi connectivity index (χ4v) is 2.90. The van der Waals surface area contributed by atoms with Gasteiger partial charge in [0.25, 0.3) is 0 Å². The van der Waals surface area contributed by atoms with E-state index >= 15 is 0 Å². The summed E-state index contributed by atoms with van der Waals surface area (Å²) < 4.78 is 0. The maximum absolute atomic E-state index is 11.2. The fourth-order valence-electron chi connectivity index (χ4n) is 1.81. The Bertz CT molecular complexity index is 699. The lowest BCUT2D eigenvalue weighted by molar-refractivity contribution is 1.19. The highest BCUT2D eigenvalue weighted by atomic mass is 35.5. The van der Waals surface area contributed by atoms with Crippen LogP contribution in [0.25, 0.3) is 11.0 Å². The first-order valence-electron chi connectivity index (χ1n) is 5.13. The van der Waals surface area contributed by atoms with Crippen LogP contribution in [0.3, 0.4) is 0 Å². The standard InChI is InChI=1S/C12H9ClN2OS/c13-11(10-2-1-5-17-10)7-3-4-8-9(6-7)15-12(16)14-8/h1-6,11H,(H2,14,15,16). The van der Waals surface area contributed by atoms with Crippen LogP contribution in [-0.2, 0) is 0 Å². The van der Waals surface area contributed by atoms with Crippen LogP contribution in [0.15, 0.2) is 40.5 Å². The van der Waals surface area contributed by atoms with Crippen LogP contribution in [0.4, 0.5) is 0 Å². The first kappa shape index (κ1) is 10.6. The minimum Gasteiger partial charge on any atom is -0.306 e. The Morgan fingerprint density at radius 3 is 2.76 bits per heavy atom.